The highest BCUT2D eigenvalue weighted by Gasteiger charge is 2.53. The molecule has 284 valence electrons. The average Bonchev–Trinajstić information content (AvgIpc) is 3.03. The first-order valence-corrected chi connectivity index (χ1v) is 17.6. The van der Waals surface area contributed by atoms with Crippen LogP contribution in [0.2, 0.25) is 0 Å². The molecule has 3 aliphatic heterocycles. The van der Waals surface area contributed by atoms with Crippen LogP contribution in [0.15, 0.2) is 4.99 Å². The van der Waals surface area contributed by atoms with Crippen molar-refractivity contribution >= 4 is 35.1 Å². The number of ketones is 2. The van der Waals surface area contributed by atoms with Crippen LogP contribution in [0.4, 0.5) is 0 Å². The third kappa shape index (κ3) is 9.43. The standard InChI is InChI=1S/C36H58N2O12/c1-13-27-36(10,44)32-20(4)28(37-23(7)39)18(2)15-35(9,46-17-25(41)16-45-32)31(21(5)29(42)22(6)33(43)49-27)50-34-30(48-24(8)40)26(38(11)12)14-19(3)47-34/h18-22,26-27,30-32,34,44H,13-17H2,1-12H3/b37-28+/t18-,19-,20+,21+,22-,26+,27-,30-,31-,32-,34+,35-,36-/m1/s1. The minimum absolute atomic E-state index is 0.0849. The van der Waals surface area contributed by atoms with Gasteiger partial charge in [0, 0.05) is 31.4 Å². The number of ether oxygens (including phenoxy) is 6. The quantitative estimate of drug-likeness (QED) is 0.326. The van der Waals surface area contributed by atoms with Gasteiger partial charge in [0.25, 0.3) is 0 Å². The highest BCUT2D eigenvalue weighted by molar-refractivity contribution is 6.00. The van der Waals surface area contributed by atoms with E-state index in [1.807, 2.05) is 32.8 Å². The maximum absolute atomic E-state index is 14.3. The van der Waals surface area contributed by atoms with Gasteiger partial charge in [-0.05, 0) is 67.0 Å². The topological polar surface area (TPSA) is 177 Å². The number of aliphatic imine (C=N–C) groups is 1. The number of carbonyl (C=O) groups is 5. The molecule has 3 fully saturated rings. The number of aliphatic hydroxyl groups is 1. The Labute approximate surface area is 295 Å². The number of rotatable bonds is 5. The summed E-state index contributed by atoms with van der Waals surface area (Å²) in [7, 11) is 3.71. The molecule has 0 aromatic heterocycles. The molecule has 1 N–H and O–H groups in total. The highest BCUT2D eigenvalue weighted by atomic mass is 16.7. The Morgan fingerprint density at radius 3 is 2.22 bits per heavy atom. The summed E-state index contributed by atoms with van der Waals surface area (Å²) in [5.41, 5.74) is -2.96. The molecule has 0 aromatic carbocycles. The van der Waals surface area contributed by atoms with Crippen molar-refractivity contribution in [1.82, 2.24) is 4.90 Å². The maximum atomic E-state index is 14.3. The number of esters is 2. The molecule has 3 heterocycles. The van der Waals surface area contributed by atoms with Crippen LogP contribution >= 0.6 is 0 Å². The second-order valence-corrected chi connectivity index (χ2v) is 15.0. The summed E-state index contributed by atoms with van der Waals surface area (Å²) >= 11 is 0. The second kappa shape index (κ2) is 16.8. The molecule has 1 amide bonds. The summed E-state index contributed by atoms with van der Waals surface area (Å²) in [6.07, 6.45) is -5.13. The molecule has 3 aliphatic rings. The van der Waals surface area contributed by atoms with Crippen molar-refractivity contribution in [2.75, 3.05) is 27.3 Å². The number of hydrogen-bond donors (Lipinski definition) is 1. The summed E-state index contributed by atoms with van der Waals surface area (Å²) in [6.45, 7) is 15.0. The van der Waals surface area contributed by atoms with Crippen molar-refractivity contribution in [3.63, 3.8) is 0 Å². The molecular weight excluding hydrogens is 652 g/mol. The number of carbonyl (C=O) groups excluding carboxylic acids is 5. The van der Waals surface area contributed by atoms with Crippen molar-refractivity contribution in [1.29, 1.82) is 0 Å². The third-order valence-corrected chi connectivity index (χ3v) is 10.4. The summed E-state index contributed by atoms with van der Waals surface area (Å²) < 4.78 is 37.2. The van der Waals surface area contributed by atoms with E-state index in [1.165, 1.54) is 27.7 Å². The lowest BCUT2D eigenvalue weighted by atomic mass is 9.73. The summed E-state index contributed by atoms with van der Waals surface area (Å²) in [5.74, 6) is -6.53. The lowest BCUT2D eigenvalue weighted by Crippen LogP contribution is -2.60. The summed E-state index contributed by atoms with van der Waals surface area (Å²) in [5, 5.41) is 12.0. The van der Waals surface area contributed by atoms with Gasteiger partial charge in [0.05, 0.1) is 30.0 Å². The van der Waals surface area contributed by atoms with Gasteiger partial charge in [0.1, 0.15) is 30.8 Å². The van der Waals surface area contributed by atoms with Gasteiger partial charge in [-0.3, -0.25) is 24.0 Å². The van der Waals surface area contributed by atoms with Gasteiger partial charge in [0.15, 0.2) is 24.0 Å². The van der Waals surface area contributed by atoms with Crippen LogP contribution in [-0.4, -0.2) is 126 Å². The Morgan fingerprint density at radius 1 is 1.02 bits per heavy atom. The van der Waals surface area contributed by atoms with E-state index in [0.29, 0.717) is 12.1 Å². The third-order valence-electron chi connectivity index (χ3n) is 10.4. The Balaban J connectivity index is 2.32. The number of hydrogen-bond acceptors (Lipinski definition) is 13. The van der Waals surface area contributed by atoms with Gasteiger partial charge in [-0.2, -0.15) is 0 Å². The van der Waals surface area contributed by atoms with Crippen molar-refractivity contribution in [3.05, 3.63) is 0 Å². The molecule has 0 saturated carbocycles. The predicted molar refractivity (Wildman–Crippen MR) is 181 cm³/mol. The number of fused-ring (bicyclic) bond motifs is 5. The van der Waals surface area contributed by atoms with Crippen LogP contribution in [-0.2, 0) is 52.4 Å². The predicted octanol–water partition coefficient (Wildman–Crippen LogP) is 2.69. The zero-order valence-corrected chi connectivity index (χ0v) is 31.7. The van der Waals surface area contributed by atoms with E-state index in [9.17, 15) is 29.1 Å². The largest absolute Gasteiger partial charge is 0.459 e. The zero-order chi connectivity index (χ0) is 37.9. The summed E-state index contributed by atoms with van der Waals surface area (Å²) in [6, 6.07) is -0.309. The maximum Gasteiger partial charge on any atom is 0.316 e. The van der Waals surface area contributed by atoms with Gasteiger partial charge in [-0.1, -0.05) is 27.7 Å². The van der Waals surface area contributed by atoms with E-state index in [4.69, 9.17) is 28.4 Å². The van der Waals surface area contributed by atoms with E-state index in [0.717, 1.165) is 0 Å². The minimum atomic E-state index is -1.87. The zero-order valence-electron chi connectivity index (χ0n) is 31.7. The monoisotopic (exact) mass is 710 g/mol. The first-order valence-electron chi connectivity index (χ1n) is 17.6. The lowest BCUT2D eigenvalue weighted by molar-refractivity contribution is -0.299. The SMILES string of the molecule is CC[C@H]1OC(=O)[C@H](C)C(=O)[C@H](C)[C@@H](O[C@@H]2O[C@H](C)C[C@H](N(C)C)[C@H]2OC(C)=O)[C@@]2(C)C[C@@H](C)/C(=N\C(C)=O)[C@H](C)[C@@H](OCC(=O)CO2)[C@]1(C)O. The summed E-state index contributed by atoms with van der Waals surface area (Å²) in [4.78, 5) is 72.6. The Bertz CT molecular complexity index is 1300. The van der Waals surface area contributed by atoms with Crippen LogP contribution in [0.5, 0.6) is 0 Å². The molecule has 50 heavy (non-hydrogen) atoms. The number of cyclic esters (lactones) is 1. The van der Waals surface area contributed by atoms with E-state index in [1.54, 1.807) is 27.7 Å². The van der Waals surface area contributed by atoms with Crippen LogP contribution in [0.3, 0.4) is 0 Å². The molecule has 3 rings (SSSR count). The van der Waals surface area contributed by atoms with Crippen LogP contribution in [0, 0.1) is 23.7 Å². The van der Waals surface area contributed by atoms with Gasteiger partial charge in [-0.15, -0.1) is 0 Å². The molecule has 0 unspecified atom stereocenters. The van der Waals surface area contributed by atoms with Crippen molar-refractivity contribution < 1.29 is 57.5 Å². The first-order chi connectivity index (χ1) is 23.1. The van der Waals surface area contributed by atoms with Crippen molar-refractivity contribution in [2.45, 2.75) is 143 Å². The molecule has 0 radical (unpaired) electrons. The number of Topliss-reactive ketones (excluding diaryl/α,β-unsaturated/α-hetero) is 2. The van der Waals surface area contributed by atoms with Crippen LogP contribution in [0.25, 0.3) is 0 Å². The molecule has 14 nitrogen and oxygen atoms in total. The smallest absolute Gasteiger partial charge is 0.316 e. The molecule has 0 aromatic rings. The lowest BCUT2D eigenvalue weighted by Gasteiger charge is -2.48. The van der Waals surface area contributed by atoms with Gasteiger partial charge < -0.3 is 38.4 Å². The fraction of sp³-hybridized carbons (Fsp3) is 0.833. The Morgan fingerprint density at radius 2 is 1.66 bits per heavy atom. The van der Waals surface area contributed by atoms with Crippen molar-refractivity contribution in [2.24, 2.45) is 28.7 Å². The van der Waals surface area contributed by atoms with Crippen LogP contribution in [0.1, 0.15) is 88.5 Å². The number of nitrogens with zero attached hydrogens (tertiary/aromatic N) is 2. The second-order valence-electron chi connectivity index (χ2n) is 15.0. The molecule has 14 heteroatoms. The fourth-order valence-corrected chi connectivity index (χ4v) is 7.85. The van der Waals surface area contributed by atoms with Gasteiger partial charge >= 0.3 is 11.9 Å². The molecular formula is C36H58N2O12. The normalized spacial score (nSPS) is 41.9. The molecule has 2 bridgehead atoms. The van der Waals surface area contributed by atoms with Gasteiger partial charge in [0.2, 0.25) is 5.91 Å². The van der Waals surface area contributed by atoms with E-state index in [2.05, 4.69) is 4.99 Å². The highest BCUT2D eigenvalue weighted by Crippen LogP contribution is 2.40. The molecule has 13 atom stereocenters. The first kappa shape index (κ1) is 41.8. The Hall–Kier alpha value is -2.62. The van der Waals surface area contributed by atoms with Crippen LogP contribution < -0.4 is 0 Å². The molecule has 0 aliphatic carbocycles. The number of likely N-dealkylation sites (N-methyl/N-ethyl adjacent to an activating group) is 1. The Kier molecular flexibility index (Phi) is 14.1. The van der Waals surface area contributed by atoms with Crippen molar-refractivity contribution in [3.8, 4) is 0 Å². The average molecular weight is 711 g/mol. The molecule has 3 saturated heterocycles. The molecule has 0 spiro atoms. The van der Waals surface area contributed by atoms with Gasteiger partial charge in [-0.25, -0.2) is 4.99 Å². The van der Waals surface area contributed by atoms with E-state index in [-0.39, 0.29) is 25.0 Å². The fourth-order valence-electron chi connectivity index (χ4n) is 7.85. The minimum Gasteiger partial charge on any atom is -0.459 e. The number of amides is 1. The van der Waals surface area contributed by atoms with E-state index >= 15 is 0 Å². The van der Waals surface area contributed by atoms with E-state index < -0.39 is 108 Å².